The van der Waals surface area contributed by atoms with Gasteiger partial charge in [0.1, 0.15) is 0 Å². The summed E-state index contributed by atoms with van der Waals surface area (Å²) in [7, 11) is 0. The summed E-state index contributed by atoms with van der Waals surface area (Å²) < 4.78 is 0. The van der Waals surface area contributed by atoms with E-state index in [0.29, 0.717) is 12.8 Å². The van der Waals surface area contributed by atoms with E-state index >= 15 is 0 Å². The van der Waals surface area contributed by atoms with E-state index in [1.807, 2.05) is 24.3 Å². The van der Waals surface area contributed by atoms with Crippen LogP contribution < -0.4 is 0 Å². The molecular formula is C16H18N2O2. The van der Waals surface area contributed by atoms with Gasteiger partial charge in [-0.3, -0.25) is 14.8 Å². The van der Waals surface area contributed by atoms with Crippen LogP contribution in [0.4, 0.5) is 0 Å². The van der Waals surface area contributed by atoms with Gasteiger partial charge >= 0.3 is 5.97 Å². The lowest BCUT2D eigenvalue weighted by molar-refractivity contribution is -0.142. The number of carboxylic acids is 1. The third kappa shape index (κ3) is 4.46. The molecular weight excluding hydrogens is 252 g/mol. The van der Waals surface area contributed by atoms with Crippen LogP contribution in [0.5, 0.6) is 0 Å². The Morgan fingerprint density at radius 1 is 0.900 bits per heavy atom. The van der Waals surface area contributed by atoms with Gasteiger partial charge in [0.25, 0.3) is 0 Å². The molecule has 0 fully saturated rings. The normalized spacial score (nSPS) is 10.7. The Kier molecular flexibility index (Phi) is 5.24. The van der Waals surface area contributed by atoms with Gasteiger partial charge in [0.15, 0.2) is 0 Å². The molecule has 104 valence electrons. The molecule has 0 atom stereocenters. The molecule has 4 nitrogen and oxygen atoms in total. The zero-order valence-corrected chi connectivity index (χ0v) is 11.3. The summed E-state index contributed by atoms with van der Waals surface area (Å²) in [5.74, 6) is -1.02. The van der Waals surface area contributed by atoms with Crippen LogP contribution in [0.1, 0.15) is 24.0 Å². The predicted octanol–water partition coefficient (Wildman–Crippen LogP) is 2.74. The third-order valence-corrected chi connectivity index (χ3v) is 3.41. The summed E-state index contributed by atoms with van der Waals surface area (Å²) in [5.41, 5.74) is 2.27. The SMILES string of the molecule is O=C(O)C(CCc1ccncc1)CCc1ccncc1. The number of rotatable bonds is 7. The summed E-state index contributed by atoms with van der Waals surface area (Å²) in [6, 6.07) is 7.73. The lowest BCUT2D eigenvalue weighted by Gasteiger charge is -2.12. The molecule has 0 aliphatic rings. The minimum atomic E-state index is -0.715. The van der Waals surface area contributed by atoms with Crippen molar-refractivity contribution in [3.05, 3.63) is 60.2 Å². The maximum Gasteiger partial charge on any atom is 0.306 e. The first-order chi connectivity index (χ1) is 9.75. The average molecular weight is 270 g/mol. The van der Waals surface area contributed by atoms with Crippen molar-refractivity contribution in [2.45, 2.75) is 25.7 Å². The third-order valence-electron chi connectivity index (χ3n) is 3.41. The molecule has 1 N–H and O–H groups in total. The molecule has 2 aromatic rings. The van der Waals surface area contributed by atoms with E-state index in [9.17, 15) is 9.90 Å². The number of carboxylic acid groups (broad SMARTS) is 1. The molecule has 0 bridgehead atoms. The molecule has 0 aliphatic heterocycles. The molecule has 0 aliphatic carbocycles. The monoisotopic (exact) mass is 270 g/mol. The van der Waals surface area contributed by atoms with E-state index in [1.165, 1.54) is 0 Å². The van der Waals surface area contributed by atoms with E-state index in [0.717, 1.165) is 24.0 Å². The number of hydrogen-bond donors (Lipinski definition) is 1. The van der Waals surface area contributed by atoms with Crippen LogP contribution in [-0.4, -0.2) is 21.0 Å². The van der Waals surface area contributed by atoms with Gasteiger partial charge in [-0.2, -0.15) is 0 Å². The summed E-state index contributed by atoms with van der Waals surface area (Å²) in [6.45, 7) is 0. The lowest BCUT2D eigenvalue weighted by atomic mass is 9.94. The largest absolute Gasteiger partial charge is 0.481 e. The lowest BCUT2D eigenvalue weighted by Crippen LogP contribution is -2.15. The van der Waals surface area contributed by atoms with Crippen molar-refractivity contribution in [2.75, 3.05) is 0 Å². The molecule has 20 heavy (non-hydrogen) atoms. The first kappa shape index (κ1) is 14.2. The topological polar surface area (TPSA) is 63.1 Å². The number of aryl methyl sites for hydroxylation is 2. The molecule has 0 saturated heterocycles. The Morgan fingerprint density at radius 3 is 1.65 bits per heavy atom. The number of aliphatic carboxylic acids is 1. The Bertz CT molecular complexity index is 485. The summed E-state index contributed by atoms with van der Waals surface area (Å²) in [4.78, 5) is 19.2. The van der Waals surface area contributed by atoms with Gasteiger partial charge in [0.05, 0.1) is 5.92 Å². The van der Waals surface area contributed by atoms with Crippen molar-refractivity contribution in [1.29, 1.82) is 0 Å². The van der Waals surface area contributed by atoms with Crippen molar-refractivity contribution >= 4 is 5.97 Å². The highest BCUT2D eigenvalue weighted by atomic mass is 16.4. The summed E-state index contributed by atoms with van der Waals surface area (Å²) >= 11 is 0. The number of pyridine rings is 2. The van der Waals surface area contributed by atoms with Gasteiger partial charge in [-0.15, -0.1) is 0 Å². The molecule has 2 heterocycles. The van der Waals surface area contributed by atoms with Crippen LogP contribution in [0.2, 0.25) is 0 Å². The minimum absolute atomic E-state index is 0.309. The van der Waals surface area contributed by atoms with Crippen LogP contribution in [0, 0.1) is 5.92 Å². The maximum absolute atomic E-state index is 11.3. The van der Waals surface area contributed by atoms with Crippen LogP contribution in [0.15, 0.2) is 49.1 Å². The predicted molar refractivity (Wildman–Crippen MR) is 76.2 cm³/mol. The maximum atomic E-state index is 11.3. The van der Waals surface area contributed by atoms with Crippen LogP contribution in [-0.2, 0) is 17.6 Å². The fourth-order valence-electron chi connectivity index (χ4n) is 2.17. The van der Waals surface area contributed by atoms with Gasteiger partial charge in [-0.05, 0) is 61.1 Å². The average Bonchev–Trinajstić information content (AvgIpc) is 2.49. The van der Waals surface area contributed by atoms with Crippen molar-refractivity contribution < 1.29 is 9.90 Å². The van der Waals surface area contributed by atoms with Crippen molar-refractivity contribution in [3.8, 4) is 0 Å². The molecule has 0 saturated carbocycles. The summed E-state index contributed by atoms with van der Waals surface area (Å²) in [6.07, 6.45) is 9.81. The van der Waals surface area contributed by atoms with Gasteiger partial charge in [-0.1, -0.05) is 0 Å². The molecule has 2 aromatic heterocycles. The number of carbonyl (C=O) groups is 1. The highest BCUT2D eigenvalue weighted by molar-refractivity contribution is 5.69. The first-order valence-corrected chi connectivity index (χ1v) is 6.76. The zero-order valence-electron chi connectivity index (χ0n) is 11.3. The van der Waals surface area contributed by atoms with Crippen molar-refractivity contribution in [1.82, 2.24) is 9.97 Å². The molecule has 0 aromatic carbocycles. The molecule has 0 radical (unpaired) electrons. The minimum Gasteiger partial charge on any atom is -0.481 e. The Hall–Kier alpha value is -2.23. The highest BCUT2D eigenvalue weighted by Crippen LogP contribution is 2.16. The van der Waals surface area contributed by atoms with Gasteiger partial charge in [-0.25, -0.2) is 0 Å². The molecule has 4 heteroatoms. The number of aromatic nitrogens is 2. The second-order valence-electron chi connectivity index (χ2n) is 4.82. The summed E-state index contributed by atoms with van der Waals surface area (Å²) in [5, 5.41) is 9.30. The van der Waals surface area contributed by atoms with E-state index in [2.05, 4.69) is 9.97 Å². The number of hydrogen-bond acceptors (Lipinski definition) is 3. The van der Waals surface area contributed by atoms with Gasteiger partial charge < -0.3 is 5.11 Å². The van der Waals surface area contributed by atoms with Crippen molar-refractivity contribution in [3.63, 3.8) is 0 Å². The van der Waals surface area contributed by atoms with Crippen LogP contribution >= 0.6 is 0 Å². The second-order valence-corrected chi connectivity index (χ2v) is 4.82. The Labute approximate surface area is 118 Å². The first-order valence-electron chi connectivity index (χ1n) is 6.76. The van der Waals surface area contributed by atoms with Crippen LogP contribution in [0.3, 0.4) is 0 Å². The van der Waals surface area contributed by atoms with Crippen molar-refractivity contribution in [2.24, 2.45) is 5.92 Å². The molecule has 0 amide bonds. The van der Waals surface area contributed by atoms with Gasteiger partial charge in [0, 0.05) is 24.8 Å². The Morgan fingerprint density at radius 2 is 1.30 bits per heavy atom. The number of nitrogens with zero attached hydrogens (tertiary/aromatic N) is 2. The Balaban J connectivity index is 1.86. The fourth-order valence-corrected chi connectivity index (χ4v) is 2.17. The van der Waals surface area contributed by atoms with Gasteiger partial charge in [0.2, 0.25) is 0 Å². The molecule has 0 spiro atoms. The fraction of sp³-hybridized carbons (Fsp3) is 0.312. The van der Waals surface area contributed by atoms with E-state index in [4.69, 9.17) is 0 Å². The van der Waals surface area contributed by atoms with E-state index in [-0.39, 0.29) is 5.92 Å². The van der Waals surface area contributed by atoms with E-state index in [1.54, 1.807) is 24.8 Å². The smallest absolute Gasteiger partial charge is 0.306 e. The second kappa shape index (κ2) is 7.38. The van der Waals surface area contributed by atoms with Crippen LogP contribution in [0.25, 0.3) is 0 Å². The quantitative estimate of drug-likeness (QED) is 0.840. The van der Waals surface area contributed by atoms with E-state index < -0.39 is 5.97 Å². The standard InChI is InChI=1S/C16H18N2O2/c19-16(20)15(3-1-13-5-9-17-10-6-13)4-2-14-7-11-18-12-8-14/h5-12,15H,1-4H2,(H,19,20). The molecule has 0 unspecified atom stereocenters. The highest BCUT2D eigenvalue weighted by Gasteiger charge is 2.17. The molecule has 2 rings (SSSR count). The zero-order chi connectivity index (χ0) is 14.2.